The Morgan fingerprint density at radius 1 is 1.19 bits per heavy atom. The van der Waals surface area contributed by atoms with Crippen molar-refractivity contribution >= 4 is 5.88 Å². The van der Waals surface area contributed by atoms with Crippen LogP contribution in [-0.4, -0.2) is 5.16 Å². The Kier molecular flexibility index (Phi) is 6.13. The van der Waals surface area contributed by atoms with Gasteiger partial charge in [0.2, 0.25) is 5.88 Å². The maximum atomic E-state index is 5.71. The molecule has 1 aromatic rings. The zero-order valence-electron chi connectivity index (χ0n) is 13.9. The quantitative estimate of drug-likeness (QED) is 0.648. The molecule has 1 saturated carbocycles. The predicted octanol–water partition coefficient (Wildman–Crippen LogP) is 5.46. The molecule has 1 aliphatic carbocycles. The first kappa shape index (κ1) is 16.4. The van der Waals surface area contributed by atoms with E-state index in [1.54, 1.807) is 0 Å². The second-order valence-electron chi connectivity index (χ2n) is 6.85. The third-order valence-corrected chi connectivity index (χ3v) is 5.67. The van der Waals surface area contributed by atoms with Crippen LogP contribution >= 0.6 is 0 Å². The van der Waals surface area contributed by atoms with Crippen LogP contribution in [0.2, 0.25) is 0 Å². The van der Waals surface area contributed by atoms with Crippen molar-refractivity contribution in [2.24, 2.45) is 5.92 Å². The van der Waals surface area contributed by atoms with E-state index in [-0.39, 0.29) is 5.41 Å². The third kappa shape index (κ3) is 4.24. The molecule has 0 saturated heterocycles. The second kappa shape index (κ2) is 7.86. The van der Waals surface area contributed by atoms with Crippen LogP contribution in [0.25, 0.3) is 0 Å². The van der Waals surface area contributed by atoms with Crippen molar-refractivity contribution in [3.63, 3.8) is 0 Å². The van der Waals surface area contributed by atoms with E-state index in [2.05, 4.69) is 19.0 Å². The van der Waals surface area contributed by atoms with Crippen molar-refractivity contribution in [1.82, 2.24) is 5.16 Å². The number of nitrogens with two attached hydrogens (primary N) is 1. The molecule has 21 heavy (non-hydrogen) atoms. The molecule has 0 aromatic carbocycles. The first-order chi connectivity index (χ1) is 10.2. The maximum Gasteiger partial charge on any atom is 0.222 e. The monoisotopic (exact) mass is 292 g/mol. The molecule has 0 bridgehead atoms. The lowest BCUT2D eigenvalue weighted by Gasteiger charge is -2.30. The largest absolute Gasteiger partial charge is 0.368 e. The first-order valence-corrected chi connectivity index (χ1v) is 8.93. The number of nitrogen functional groups attached to an aromatic ring is 1. The van der Waals surface area contributed by atoms with Gasteiger partial charge in [0.15, 0.2) is 0 Å². The SMILES string of the molecule is CCC(CC)(CCCCC1CCCCC1)c1cc(N)on1. The van der Waals surface area contributed by atoms with Crippen LogP contribution in [0.4, 0.5) is 5.88 Å². The van der Waals surface area contributed by atoms with Gasteiger partial charge < -0.3 is 10.3 Å². The lowest BCUT2D eigenvalue weighted by atomic mass is 9.74. The van der Waals surface area contributed by atoms with Gasteiger partial charge in [0.05, 0.1) is 5.69 Å². The molecule has 0 radical (unpaired) electrons. The minimum absolute atomic E-state index is 0.160. The van der Waals surface area contributed by atoms with Gasteiger partial charge >= 0.3 is 0 Å². The van der Waals surface area contributed by atoms with Gasteiger partial charge in [-0.3, -0.25) is 0 Å². The van der Waals surface area contributed by atoms with E-state index < -0.39 is 0 Å². The highest BCUT2D eigenvalue weighted by Crippen LogP contribution is 2.37. The van der Waals surface area contributed by atoms with Crippen LogP contribution in [0.5, 0.6) is 0 Å². The van der Waals surface area contributed by atoms with Crippen molar-refractivity contribution in [3.05, 3.63) is 11.8 Å². The Bertz CT molecular complexity index is 403. The summed E-state index contributed by atoms with van der Waals surface area (Å²) in [5, 5.41) is 4.20. The molecule has 1 fully saturated rings. The average molecular weight is 292 g/mol. The van der Waals surface area contributed by atoms with Crippen molar-refractivity contribution in [2.45, 2.75) is 89.9 Å². The highest BCUT2D eigenvalue weighted by atomic mass is 16.5. The molecule has 0 aliphatic heterocycles. The number of rotatable bonds is 8. The molecule has 0 atom stereocenters. The van der Waals surface area contributed by atoms with E-state index in [4.69, 9.17) is 10.3 Å². The number of nitrogens with zero attached hydrogens (tertiary/aromatic N) is 1. The van der Waals surface area contributed by atoms with Crippen molar-refractivity contribution in [2.75, 3.05) is 5.73 Å². The number of anilines is 1. The summed E-state index contributed by atoms with van der Waals surface area (Å²) in [5.74, 6) is 1.44. The number of hydrogen-bond acceptors (Lipinski definition) is 3. The van der Waals surface area contributed by atoms with Gasteiger partial charge in [0.25, 0.3) is 0 Å². The van der Waals surface area contributed by atoms with Crippen LogP contribution in [0.3, 0.4) is 0 Å². The molecule has 1 heterocycles. The molecule has 0 unspecified atom stereocenters. The molecule has 3 heteroatoms. The molecule has 2 rings (SSSR count). The van der Waals surface area contributed by atoms with Crippen molar-refractivity contribution < 1.29 is 4.52 Å². The Labute approximate surface area is 129 Å². The molecule has 3 nitrogen and oxygen atoms in total. The van der Waals surface area contributed by atoms with Crippen LogP contribution in [0.1, 0.15) is 90.2 Å². The summed E-state index contributed by atoms with van der Waals surface area (Å²) in [7, 11) is 0. The van der Waals surface area contributed by atoms with Gasteiger partial charge in [-0.15, -0.1) is 0 Å². The normalized spacial score (nSPS) is 17.2. The topological polar surface area (TPSA) is 52.0 Å². The highest BCUT2D eigenvalue weighted by Gasteiger charge is 2.31. The summed E-state index contributed by atoms with van der Waals surface area (Å²) in [5.41, 5.74) is 6.93. The van der Waals surface area contributed by atoms with E-state index in [0.29, 0.717) is 5.88 Å². The molecule has 0 spiro atoms. The number of hydrogen-bond donors (Lipinski definition) is 1. The Morgan fingerprint density at radius 2 is 1.90 bits per heavy atom. The van der Waals surface area contributed by atoms with Gasteiger partial charge in [0.1, 0.15) is 0 Å². The van der Waals surface area contributed by atoms with E-state index in [0.717, 1.165) is 24.5 Å². The van der Waals surface area contributed by atoms with Crippen molar-refractivity contribution in [3.8, 4) is 0 Å². The Morgan fingerprint density at radius 3 is 2.48 bits per heavy atom. The fourth-order valence-electron chi connectivity index (χ4n) is 4.01. The van der Waals surface area contributed by atoms with E-state index in [9.17, 15) is 0 Å². The lowest BCUT2D eigenvalue weighted by molar-refractivity contribution is 0.295. The molecule has 0 amide bonds. The molecular weight excluding hydrogens is 260 g/mol. The maximum absolute atomic E-state index is 5.71. The standard InChI is InChI=1S/C18H32N2O/c1-3-18(4-2,16-14-17(19)21-20-16)13-9-8-12-15-10-6-5-7-11-15/h14-15H,3-13,19H2,1-2H3. The van der Waals surface area contributed by atoms with Gasteiger partial charge in [0, 0.05) is 11.5 Å². The molecular formula is C18H32N2O. The summed E-state index contributed by atoms with van der Waals surface area (Å²) in [4.78, 5) is 0. The zero-order valence-corrected chi connectivity index (χ0v) is 13.9. The number of unbranched alkanes of at least 4 members (excludes halogenated alkanes) is 1. The van der Waals surface area contributed by atoms with Crippen molar-refractivity contribution in [1.29, 1.82) is 0 Å². The number of aromatic nitrogens is 1. The summed E-state index contributed by atoms with van der Waals surface area (Å²) in [6.45, 7) is 4.52. The predicted molar refractivity (Wildman–Crippen MR) is 88.2 cm³/mol. The second-order valence-corrected chi connectivity index (χ2v) is 6.85. The van der Waals surface area contributed by atoms with E-state index >= 15 is 0 Å². The van der Waals surface area contributed by atoms with Gasteiger partial charge in [-0.2, -0.15) is 0 Å². The fraction of sp³-hybridized carbons (Fsp3) is 0.833. The summed E-state index contributed by atoms with van der Waals surface area (Å²) >= 11 is 0. The fourth-order valence-corrected chi connectivity index (χ4v) is 4.01. The van der Waals surface area contributed by atoms with Gasteiger partial charge in [-0.25, -0.2) is 0 Å². The van der Waals surface area contributed by atoms with Gasteiger partial charge in [-0.1, -0.05) is 70.4 Å². The van der Waals surface area contributed by atoms with Crippen LogP contribution in [0, 0.1) is 5.92 Å². The molecule has 2 N–H and O–H groups in total. The molecule has 1 aliphatic rings. The smallest absolute Gasteiger partial charge is 0.222 e. The molecule has 1 aromatic heterocycles. The summed E-state index contributed by atoms with van der Waals surface area (Å²) in [6, 6.07) is 1.92. The third-order valence-electron chi connectivity index (χ3n) is 5.67. The van der Waals surface area contributed by atoms with Crippen LogP contribution < -0.4 is 5.73 Å². The zero-order chi connectivity index (χ0) is 15.1. The summed E-state index contributed by atoms with van der Waals surface area (Å²) < 4.78 is 5.10. The lowest BCUT2D eigenvalue weighted by Crippen LogP contribution is -2.25. The Balaban J connectivity index is 1.82. The first-order valence-electron chi connectivity index (χ1n) is 8.93. The minimum atomic E-state index is 0.160. The highest BCUT2D eigenvalue weighted by molar-refractivity contribution is 5.29. The average Bonchev–Trinajstić information content (AvgIpc) is 2.96. The minimum Gasteiger partial charge on any atom is -0.368 e. The van der Waals surface area contributed by atoms with E-state index in [1.165, 1.54) is 57.8 Å². The molecule has 120 valence electrons. The van der Waals surface area contributed by atoms with Crippen LogP contribution in [-0.2, 0) is 5.41 Å². The van der Waals surface area contributed by atoms with Gasteiger partial charge in [-0.05, 0) is 25.2 Å². The Hall–Kier alpha value is -0.990. The van der Waals surface area contributed by atoms with E-state index in [1.807, 2.05) is 6.07 Å². The van der Waals surface area contributed by atoms with Crippen LogP contribution in [0.15, 0.2) is 10.6 Å². The summed E-state index contributed by atoms with van der Waals surface area (Å²) in [6.07, 6.45) is 14.8.